The molecule has 1 aromatic carbocycles. The van der Waals surface area contributed by atoms with Crippen LogP contribution in [0.15, 0.2) is 28.7 Å². The highest BCUT2D eigenvalue weighted by Crippen LogP contribution is 2.16. The molecule has 0 amide bonds. The van der Waals surface area contributed by atoms with Crippen LogP contribution in [0.2, 0.25) is 0 Å². The number of ether oxygens (including phenoxy) is 1. The minimum Gasteiger partial charge on any atom is -0.492 e. The first-order valence-corrected chi connectivity index (χ1v) is 9.24. The van der Waals surface area contributed by atoms with Crippen molar-refractivity contribution in [2.24, 2.45) is 5.73 Å². The second-order valence-electron chi connectivity index (χ2n) is 4.96. The molecule has 1 aliphatic rings. The number of hydrogen-bond donors (Lipinski definition) is 4. The summed E-state index contributed by atoms with van der Waals surface area (Å²) in [6.45, 7) is 5.11. The van der Waals surface area contributed by atoms with Crippen molar-refractivity contribution in [3.8, 4) is 5.75 Å². The summed E-state index contributed by atoms with van der Waals surface area (Å²) in [5.41, 5.74) is 5.46. The van der Waals surface area contributed by atoms with Crippen molar-refractivity contribution in [2.75, 3.05) is 39.3 Å². The Labute approximate surface area is 149 Å². The normalized spacial score (nSPS) is 15.4. The zero-order valence-electron chi connectivity index (χ0n) is 12.9. The van der Waals surface area contributed by atoms with Crippen molar-refractivity contribution in [3.63, 3.8) is 0 Å². The van der Waals surface area contributed by atoms with Crippen molar-refractivity contribution in [3.05, 3.63) is 28.7 Å². The molecule has 0 spiro atoms. The van der Waals surface area contributed by atoms with E-state index >= 15 is 0 Å². The van der Waals surface area contributed by atoms with Crippen molar-refractivity contribution in [1.82, 2.24) is 9.80 Å². The molecule has 0 atom stereocenters. The van der Waals surface area contributed by atoms with Gasteiger partial charge < -0.3 is 15.4 Å². The molecule has 1 aromatic rings. The van der Waals surface area contributed by atoms with E-state index in [0.29, 0.717) is 6.61 Å². The molecule has 11 heteroatoms. The molecule has 1 fully saturated rings. The Morgan fingerprint density at radius 2 is 1.71 bits per heavy atom. The first kappa shape index (κ1) is 20.6. The van der Waals surface area contributed by atoms with E-state index in [2.05, 4.69) is 20.8 Å². The Bertz CT molecular complexity index is 610. The van der Waals surface area contributed by atoms with Crippen LogP contribution in [0.3, 0.4) is 0 Å². The number of nitrogens with zero attached hydrogens (tertiary/aromatic N) is 2. The van der Waals surface area contributed by atoms with Crippen molar-refractivity contribution in [2.45, 2.75) is 0 Å². The summed E-state index contributed by atoms with van der Waals surface area (Å²) in [5.74, 6) is 1.07. The highest BCUT2D eigenvalue weighted by atomic mass is 79.9. The fourth-order valence-electron chi connectivity index (χ4n) is 2.04. The summed E-state index contributed by atoms with van der Waals surface area (Å²) in [6, 6.07) is 7.86. The summed E-state index contributed by atoms with van der Waals surface area (Å²) in [6.07, 6.45) is 0. The molecule has 136 valence electrons. The molecule has 0 aliphatic carbocycles. The van der Waals surface area contributed by atoms with Crippen LogP contribution >= 0.6 is 15.9 Å². The maximum atomic E-state index is 8.74. The Morgan fingerprint density at radius 3 is 2.17 bits per heavy atom. The number of rotatable bonds is 4. The predicted octanol–water partition coefficient (Wildman–Crippen LogP) is 0.686. The first-order valence-electron chi connectivity index (χ1n) is 7.05. The van der Waals surface area contributed by atoms with Gasteiger partial charge >= 0.3 is 10.4 Å². The third-order valence-electron chi connectivity index (χ3n) is 3.20. The van der Waals surface area contributed by atoms with Crippen LogP contribution in [-0.4, -0.2) is 72.6 Å². The lowest BCUT2D eigenvalue weighted by Crippen LogP contribution is -2.51. The van der Waals surface area contributed by atoms with Crippen molar-refractivity contribution >= 4 is 32.3 Å². The number of nitrogens with one attached hydrogen (secondary N) is 1. The molecule has 0 saturated carbocycles. The molecular formula is C13H21BrN4O5S. The van der Waals surface area contributed by atoms with Gasteiger partial charge in [-0.3, -0.25) is 19.4 Å². The molecule has 0 radical (unpaired) electrons. The molecule has 0 aromatic heterocycles. The average molecular weight is 425 g/mol. The van der Waals surface area contributed by atoms with Crippen LogP contribution in [0.25, 0.3) is 0 Å². The van der Waals surface area contributed by atoms with Crippen LogP contribution in [0.5, 0.6) is 5.75 Å². The number of piperazine rings is 1. The van der Waals surface area contributed by atoms with Crippen LogP contribution in [-0.2, 0) is 10.4 Å². The zero-order valence-corrected chi connectivity index (χ0v) is 15.3. The molecule has 0 bridgehead atoms. The first-order chi connectivity index (χ1) is 11.1. The molecule has 24 heavy (non-hydrogen) atoms. The minimum absolute atomic E-state index is 0.172. The Morgan fingerprint density at radius 1 is 1.21 bits per heavy atom. The van der Waals surface area contributed by atoms with E-state index in [4.69, 9.17) is 33.4 Å². The van der Waals surface area contributed by atoms with Crippen LogP contribution in [0.1, 0.15) is 0 Å². The summed E-state index contributed by atoms with van der Waals surface area (Å²) in [5, 5.41) is 7.38. The number of nitrogens with two attached hydrogens (primary N) is 1. The van der Waals surface area contributed by atoms with Gasteiger partial charge in [-0.25, -0.2) is 0 Å². The lowest BCUT2D eigenvalue weighted by Gasteiger charge is -2.34. The quantitative estimate of drug-likeness (QED) is 0.314. The van der Waals surface area contributed by atoms with Gasteiger partial charge in [-0.05, 0) is 24.3 Å². The van der Waals surface area contributed by atoms with Crippen LogP contribution in [0.4, 0.5) is 0 Å². The van der Waals surface area contributed by atoms with Gasteiger partial charge in [0.2, 0.25) is 0 Å². The van der Waals surface area contributed by atoms with Gasteiger partial charge in [0.05, 0.1) is 0 Å². The van der Waals surface area contributed by atoms with Crippen molar-refractivity contribution in [1.29, 1.82) is 5.41 Å². The van der Waals surface area contributed by atoms with Gasteiger partial charge in [0.1, 0.15) is 12.4 Å². The summed E-state index contributed by atoms with van der Waals surface area (Å²) in [4.78, 5) is 4.23. The van der Waals surface area contributed by atoms with Gasteiger partial charge in [-0.15, -0.1) is 0 Å². The van der Waals surface area contributed by atoms with Crippen LogP contribution < -0.4 is 10.5 Å². The Balaban J connectivity index is 0.000000505. The monoisotopic (exact) mass is 424 g/mol. The van der Waals surface area contributed by atoms with Gasteiger partial charge in [-0.1, -0.05) is 15.9 Å². The van der Waals surface area contributed by atoms with Gasteiger partial charge in [-0.2, -0.15) is 8.42 Å². The number of hydrogen-bond acceptors (Lipinski definition) is 5. The number of halogens is 1. The third kappa shape index (κ3) is 9.67. The zero-order chi connectivity index (χ0) is 18.2. The van der Waals surface area contributed by atoms with E-state index in [9.17, 15) is 0 Å². The Hall–Kier alpha value is -1.40. The van der Waals surface area contributed by atoms with Crippen molar-refractivity contribution < 1.29 is 22.3 Å². The van der Waals surface area contributed by atoms with E-state index in [0.717, 1.165) is 42.9 Å². The summed E-state index contributed by atoms with van der Waals surface area (Å²) in [7, 11) is -4.67. The number of guanidine groups is 1. The molecule has 1 heterocycles. The fraction of sp³-hybridized carbons (Fsp3) is 0.462. The summed E-state index contributed by atoms with van der Waals surface area (Å²) >= 11 is 3.40. The average Bonchev–Trinajstić information content (AvgIpc) is 2.48. The highest BCUT2D eigenvalue weighted by Gasteiger charge is 2.17. The molecular weight excluding hydrogens is 404 g/mol. The van der Waals surface area contributed by atoms with Gasteiger partial charge in [0.15, 0.2) is 5.96 Å². The second kappa shape index (κ2) is 9.79. The minimum atomic E-state index is -4.67. The maximum Gasteiger partial charge on any atom is 0.394 e. The molecule has 2 rings (SSSR count). The fourth-order valence-corrected chi connectivity index (χ4v) is 2.30. The van der Waals surface area contributed by atoms with E-state index in [1.54, 1.807) is 0 Å². The molecule has 0 unspecified atom stereocenters. The largest absolute Gasteiger partial charge is 0.492 e. The second-order valence-corrected chi connectivity index (χ2v) is 6.78. The molecule has 1 saturated heterocycles. The lowest BCUT2D eigenvalue weighted by atomic mass is 10.3. The predicted molar refractivity (Wildman–Crippen MR) is 93.7 cm³/mol. The van der Waals surface area contributed by atoms with E-state index < -0.39 is 10.4 Å². The number of benzene rings is 1. The maximum absolute atomic E-state index is 8.74. The topological polar surface area (TPSA) is 140 Å². The third-order valence-corrected chi connectivity index (χ3v) is 3.73. The van der Waals surface area contributed by atoms with Gasteiger partial charge in [0.25, 0.3) is 0 Å². The van der Waals surface area contributed by atoms with E-state index in [-0.39, 0.29) is 5.96 Å². The van der Waals surface area contributed by atoms with Gasteiger partial charge in [0, 0.05) is 37.2 Å². The smallest absolute Gasteiger partial charge is 0.394 e. The lowest BCUT2D eigenvalue weighted by molar-refractivity contribution is 0.153. The molecule has 1 aliphatic heterocycles. The van der Waals surface area contributed by atoms with Crippen LogP contribution in [0, 0.1) is 5.41 Å². The highest BCUT2D eigenvalue weighted by molar-refractivity contribution is 9.10. The van der Waals surface area contributed by atoms with E-state index in [1.165, 1.54) is 0 Å². The SMILES string of the molecule is N=C(N)N1CCN(CCOc2ccc(Br)cc2)CC1.O=S(=O)(O)O. The molecule has 9 nitrogen and oxygen atoms in total. The summed E-state index contributed by atoms with van der Waals surface area (Å²) < 4.78 is 38.3. The van der Waals surface area contributed by atoms with E-state index in [1.807, 2.05) is 29.2 Å². The Kier molecular flexibility index (Phi) is 8.42. The standard InChI is InChI=1S/C13H19BrN4O.H2O4S/c14-11-1-3-12(4-2-11)19-10-9-17-5-7-18(8-6-17)13(15)16;1-5(2,3)4/h1-4H,5-10H2,(H3,15,16);(H2,1,2,3,4). The molecule has 5 N–H and O–H groups in total.